The highest BCUT2D eigenvalue weighted by Gasteiger charge is 2.28. The van der Waals surface area contributed by atoms with E-state index in [4.69, 9.17) is 0 Å². The predicted molar refractivity (Wildman–Crippen MR) is 89.0 cm³/mol. The molecule has 0 aromatic carbocycles. The Morgan fingerprint density at radius 2 is 2.30 bits per heavy atom. The van der Waals surface area contributed by atoms with Crippen LogP contribution in [0.1, 0.15) is 48.8 Å². The van der Waals surface area contributed by atoms with Crippen LogP contribution in [0.4, 0.5) is 5.69 Å². The van der Waals surface area contributed by atoms with Gasteiger partial charge in [-0.1, -0.05) is 13.3 Å². The molecule has 2 rings (SSSR count). The van der Waals surface area contributed by atoms with E-state index in [1.165, 1.54) is 0 Å². The minimum Gasteiger partial charge on any atom is -0.350 e. The summed E-state index contributed by atoms with van der Waals surface area (Å²) in [6.45, 7) is 4.46. The van der Waals surface area contributed by atoms with Crippen LogP contribution in [0.15, 0.2) is 0 Å². The summed E-state index contributed by atoms with van der Waals surface area (Å²) in [6.07, 6.45) is 4.44. The fraction of sp³-hybridized carbons (Fsp3) is 0.714. The van der Waals surface area contributed by atoms with Crippen LogP contribution in [0.25, 0.3) is 0 Å². The summed E-state index contributed by atoms with van der Waals surface area (Å²) in [4.78, 5) is 22.7. The Bertz CT molecular complexity index is 528. The lowest BCUT2D eigenvalue weighted by atomic mass is 9.96. The number of hydrogen-bond donors (Lipinski definition) is 3. The average Bonchev–Trinajstić information content (AvgIpc) is 2.93. The first-order valence-corrected chi connectivity index (χ1v) is 7.84. The highest BCUT2D eigenvalue weighted by molar-refractivity contribution is 5.96. The van der Waals surface area contributed by atoms with E-state index >= 15 is 0 Å². The van der Waals surface area contributed by atoms with Crippen LogP contribution in [-0.2, 0) is 6.42 Å². The smallest absolute Gasteiger partial charge is 0.322 e. The van der Waals surface area contributed by atoms with Gasteiger partial charge in [-0.15, -0.1) is 12.4 Å². The van der Waals surface area contributed by atoms with Gasteiger partial charge < -0.3 is 10.6 Å². The number of aryl methyl sites for hydroxylation is 1. The van der Waals surface area contributed by atoms with Gasteiger partial charge in [-0.3, -0.25) is 20.0 Å². The summed E-state index contributed by atoms with van der Waals surface area (Å²) in [5, 5.41) is 23.7. The van der Waals surface area contributed by atoms with Gasteiger partial charge in [0.25, 0.3) is 5.91 Å². The van der Waals surface area contributed by atoms with Crippen LogP contribution in [0, 0.1) is 16.0 Å². The number of halogens is 1. The maximum Gasteiger partial charge on any atom is 0.322 e. The van der Waals surface area contributed by atoms with E-state index in [1.807, 2.05) is 6.92 Å². The summed E-state index contributed by atoms with van der Waals surface area (Å²) < 4.78 is 0. The summed E-state index contributed by atoms with van der Waals surface area (Å²) in [7, 11) is 0. The molecular formula is C14H24ClN5O3. The topological polar surface area (TPSA) is 113 Å². The van der Waals surface area contributed by atoms with Gasteiger partial charge >= 0.3 is 5.69 Å². The highest BCUT2D eigenvalue weighted by atomic mass is 35.5. The maximum absolute atomic E-state index is 12.1. The molecule has 1 aliphatic heterocycles. The molecule has 1 aromatic heterocycles. The van der Waals surface area contributed by atoms with Crippen molar-refractivity contribution >= 4 is 24.0 Å². The number of H-pyrrole nitrogens is 1. The molecule has 0 radical (unpaired) electrons. The number of nitrogens with zero attached hydrogens (tertiary/aromatic N) is 2. The minimum absolute atomic E-state index is 0. The van der Waals surface area contributed by atoms with Crippen molar-refractivity contribution in [3.8, 4) is 0 Å². The summed E-state index contributed by atoms with van der Waals surface area (Å²) in [5.74, 6) is 0.0768. The molecular weight excluding hydrogens is 322 g/mol. The van der Waals surface area contributed by atoms with Gasteiger partial charge in [0, 0.05) is 6.54 Å². The zero-order valence-electron chi connectivity index (χ0n) is 13.3. The molecule has 0 bridgehead atoms. The fourth-order valence-corrected chi connectivity index (χ4v) is 2.80. The van der Waals surface area contributed by atoms with Gasteiger partial charge in [-0.05, 0) is 44.7 Å². The molecule has 1 atom stereocenters. The second-order valence-corrected chi connectivity index (χ2v) is 5.66. The molecule has 0 spiro atoms. The predicted octanol–water partition coefficient (Wildman–Crippen LogP) is 1.81. The van der Waals surface area contributed by atoms with Gasteiger partial charge in [0.2, 0.25) is 5.69 Å². The fourth-order valence-electron chi connectivity index (χ4n) is 2.80. The van der Waals surface area contributed by atoms with E-state index in [2.05, 4.69) is 20.8 Å². The lowest BCUT2D eigenvalue weighted by Gasteiger charge is -2.22. The van der Waals surface area contributed by atoms with Crippen molar-refractivity contribution in [3.05, 3.63) is 21.5 Å². The molecule has 1 unspecified atom stereocenters. The Morgan fingerprint density at radius 1 is 1.52 bits per heavy atom. The summed E-state index contributed by atoms with van der Waals surface area (Å²) in [6, 6.07) is 0. The van der Waals surface area contributed by atoms with Crippen LogP contribution < -0.4 is 10.6 Å². The number of carbonyl (C=O) groups excluding carboxylic acids is 1. The van der Waals surface area contributed by atoms with E-state index in [1.54, 1.807) is 0 Å². The van der Waals surface area contributed by atoms with Crippen LogP contribution in [0.3, 0.4) is 0 Å². The van der Waals surface area contributed by atoms with E-state index in [9.17, 15) is 14.9 Å². The molecule has 0 aliphatic carbocycles. The number of carbonyl (C=O) groups is 1. The average molecular weight is 346 g/mol. The number of amides is 1. The van der Waals surface area contributed by atoms with Gasteiger partial charge in [-0.25, -0.2) is 0 Å². The molecule has 1 aliphatic rings. The molecule has 3 N–H and O–H groups in total. The first-order valence-electron chi connectivity index (χ1n) is 7.84. The number of nitrogens with one attached hydrogen (secondary N) is 3. The van der Waals surface area contributed by atoms with Gasteiger partial charge in [0.05, 0.1) is 4.92 Å². The Labute approximate surface area is 141 Å². The number of nitro groups is 1. The lowest BCUT2D eigenvalue weighted by Crippen LogP contribution is -2.33. The van der Waals surface area contributed by atoms with Crippen molar-refractivity contribution in [2.24, 2.45) is 5.92 Å². The van der Waals surface area contributed by atoms with Crippen molar-refractivity contribution in [3.63, 3.8) is 0 Å². The largest absolute Gasteiger partial charge is 0.350 e. The van der Waals surface area contributed by atoms with Crippen molar-refractivity contribution < 1.29 is 9.72 Å². The van der Waals surface area contributed by atoms with Crippen LogP contribution in [0.2, 0.25) is 0 Å². The van der Waals surface area contributed by atoms with Crippen molar-refractivity contribution in [2.45, 2.75) is 39.0 Å². The molecule has 2 heterocycles. The third-order valence-electron chi connectivity index (χ3n) is 3.95. The third kappa shape index (κ3) is 5.18. The first kappa shape index (κ1) is 19.4. The Kier molecular flexibility index (Phi) is 7.97. The van der Waals surface area contributed by atoms with Crippen molar-refractivity contribution in [1.82, 2.24) is 20.8 Å². The SMILES string of the molecule is CCCc1[nH]nc(C(=O)NCCC2CCCNC2)c1[N+](=O)[O-].Cl. The Hall–Kier alpha value is -1.67. The number of piperidine rings is 1. The Morgan fingerprint density at radius 3 is 2.91 bits per heavy atom. The molecule has 8 nitrogen and oxygen atoms in total. The normalized spacial score (nSPS) is 17.3. The van der Waals surface area contributed by atoms with Gasteiger partial charge in [0.1, 0.15) is 5.69 Å². The second kappa shape index (κ2) is 9.46. The molecule has 9 heteroatoms. The van der Waals surface area contributed by atoms with Gasteiger partial charge in [0.15, 0.2) is 0 Å². The molecule has 1 saturated heterocycles. The van der Waals surface area contributed by atoms with E-state index in [-0.39, 0.29) is 23.8 Å². The third-order valence-corrected chi connectivity index (χ3v) is 3.95. The minimum atomic E-state index is -0.533. The highest BCUT2D eigenvalue weighted by Crippen LogP contribution is 2.22. The molecule has 1 aromatic rings. The first-order chi connectivity index (χ1) is 10.6. The zero-order valence-corrected chi connectivity index (χ0v) is 14.1. The lowest BCUT2D eigenvalue weighted by molar-refractivity contribution is -0.385. The number of hydrogen-bond acceptors (Lipinski definition) is 5. The number of rotatable bonds is 7. The van der Waals surface area contributed by atoms with Crippen molar-refractivity contribution in [1.29, 1.82) is 0 Å². The molecule has 23 heavy (non-hydrogen) atoms. The summed E-state index contributed by atoms with van der Waals surface area (Å²) >= 11 is 0. The van der Waals surface area contributed by atoms with Gasteiger partial charge in [-0.2, -0.15) is 5.10 Å². The van der Waals surface area contributed by atoms with E-state index in [0.717, 1.165) is 38.8 Å². The molecule has 1 fully saturated rings. The second-order valence-electron chi connectivity index (χ2n) is 5.66. The molecule has 1 amide bonds. The number of aromatic nitrogens is 2. The Balaban J connectivity index is 0.00000264. The van der Waals surface area contributed by atoms with Crippen LogP contribution >= 0.6 is 12.4 Å². The van der Waals surface area contributed by atoms with Crippen LogP contribution in [0.5, 0.6) is 0 Å². The van der Waals surface area contributed by atoms with E-state index in [0.29, 0.717) is 24.6 Å². The molecule has 0 saturated carbocycles. The molecule has 130 valence electrons. The number of aromatic amines is 1. The monoisotopic (exact) mass is 345 g/mol. The standard InChI is InChI=1S/C14H23N5O3.ClH/c1-2-4-11-13(19(21)22)12(18-17-11)14(20)16-8-6-10-5-3-7-15-9-10;/h10,15H,2-9H2,1H3,(H,16,20)(H,17,18);1H. The van der Waals surface area contributed by atoms with E-state index < -0.39 is 10.8 Å². The summed E-state index contributed by atoms with van der Waals surface area (Å²) in [5.41, 5.74) is 0.100. The van der Waals surface area contributed by atoms with Crippen molar-refractivity contribution in [2.75, 3.05) is 19.6 Å². The zero-order chi connectivity index (χ0) is 15.9. The maximum atomic E-state index is 12.1. The quantitative estimate of drug-likeness (QED) is 0.515. The van der Waals surface area contributed by atoms with Crippen LogP contribution in [-0.4, -0.2) is 40.7 Å².